The highest BCUT2D eigenvalue weighted by molar-refractivity contribution is 5.95. The van der Waals surface area contributed by atoms with Gasteiger partial charge in [0.25, 0.3) is 0 Å². The highest BCUT2D eigenvalue weighted by Gasteiger charge is 2.31. The molecule has 0 unspecified atom stereocenters. The summed E-state index contributed by atoms with van der Waals surface area (Å²) in [7, 11) is 0. The largest absolute Gasteiger partial charge is 0.393 e. The first-order valence-electron chi connectivity index (χ1n) is 13.6. The number of nitrogens with one attached hydrogen (secondary N) is 4. The zero-order valence-corrected chi connectivity index (χ0v) is 23.1. The Kier molecular flexibility index (Phi) is 15.9. The summed E-state index contributed by atoms with van der Waals surface area (Å²) in [4.78, 5) is 49.8. The molecule has 1 aliphatic rings. The first kappa shape index (κ1) is 33.0. The molecule has 1 heterocycles. The predicted octanol–water partition coefficient (Wildman–Crippen LogP) is 1.39. The molecule has 0 aromatic heterocycles. The van der Waals surface area contributed by atoms with E-state index >= 15 is 0 Å². The van der Waals surface area contributed by atoms with E-state index in [2.05, 4.69) is 35.1 Å². The van der Waals surface area contributed by atoms with Crippen LogP contribution in [0.2, 0.25) is 0 Å². The Bertz CT molecular complexity index is 852. The number of carbonyl (C=O) groups is 4. The van der Waals surface area contributed by atoms with Crippen LogP contribution in [0.3, 0.4) is 0 Å². The van der Waals surface area contributed by atoms with Crippen molar-refractivity contribution in [2.75, 3.05) is 6.54 Å². The van der Waals surface area contributed by atoms with Gasteiger partial charge in [0, 0.05) is 31.2 Å². The molecule has 10 heteroatoms. The van der Waals surface area contributed by atoms with E-state index in [9.17, 15) is 29.4 Å². The normalized spacial score (nSPS) is 23.7. The first-order chi connectivity index (χ1) is 18.0. The second-order valence-electron chi connectivity index (χ2n) is 10.2. The number of carbonyl (C=O) groups excluding carboxylic acids is 4. The van der Waals surface area contributed by atoms with Gasteiger partial charge in [0.2, 0.25) is 23.6 Å². The van der Waals surface area contributed by atoms with Gasteiger partial charge in [-0.25, -0.2) is 0 Å². The SMILES string of the molecule is CC(C)CCCCC/C=C/C=C/C(=O)N[C@H](C(=O)N[C@H]1C[C@H](O)CCNC(=O)/C=C/[C@H](C)NC1=O)[C@@H](C)O. The number of aliphatic hydroxyl groups excluding tert-OH is 2. The monoisotopic (exact) mass is 534 g/mol. The highest BCUT2D eigenvalue weighted by atomic mass is 16.3. The van der Waals surface area contributed by atoms with Crippen LogP contribution in [0.4, 0.5) is 0 Å². The zero-order chi connectivity index (χ0) is 28.5. The molecule has 0 bridgehead atoms. The van der Waals surface area contributed by atoms with Crippen molar-refractivity contribution >= 4 is 23.6 Å². The van der Waals surface area contributed by atoms with Crippen molar-refractivity contribution in [3.05, 3.63) is 36.5 Å². The van der Waals surface area contributed by atoms with E-state index in [0.29, 0.717) is 0 Å². The van der Waals surface area contributed by atoms with Crippen molar-refractivity contribution in [2.24, 2.45) is 5.92 Å². The number of allylic oxidation sites excluding steroid dienone is 3. The Morgan fingerprint density at radius 2 is 1.89 bits per heavy atom. The summed E-state index contributed by atoms with van der Waals surface area (Å²) in [6, 6.07) is -2.92. The van der Waals surface area contributed by atoms with Gasteiger partial charge in [-0.15, -0.1) is 0 Å². The molecule has 0 aromatic carbocycles. The molecule has 38 heavy (non-hydrogen) atoms. The molecule has 0 saturated heterocycles. The Morgan fingerprint density at radius 1 is 1.16 bits per heavy atom. The van der Waals surface area contributed by atoms with Crippen LogP contribution in [0.25, 0.3) is 0 Å². The van der Waals surface area contributed by atoms with Crippen LogP contribution in [-0.4, -0.2) is 70.7 Å². The van der Waals surface area contributed by atoms with Crippen LogP contribution in [0.5, 0.6) is 0 Å². The van der Waals surface area contributed by atoms with E-state index < -0.39 is 48.1 Å². The van der Waals surface area contributed by atoms with Gasteiger partial charge in [0.05, 0.1) is 12.2 Å². The number of rotatable bonds is 12. The second-order valence-corrected chi connectivity index (χ2v) is 10.2. The molecule has 0 spiro atoms. The van der Waals surface area contributed by atoms with Crippen molar-refractivity contribution in [3.8, 4) is 0 Å². The standard InChI is InChI=1S/C28H46N4O6/c1-19(2)12-10-8-6-5-7-9-11-13-25(36)32-26(21(4)33)28(38)31-23-18-22(34)16-17-29-24(35)15-14-20(3)30-27(23)37/h7,9,11,13-15,19-23,26,33-34H,5-6,8,10,12,16-18H2,1-4H3,(H,29,35)(H,30,37)(H,31,38)(H,32,36)/b9-7+,13-11+,15-14+/t20-,21+,22+,23-,26-/m0/s1. The van der Waals surface area contributed by atoms with Crippen LogP contribution in [-0.2, 0) is 19.2 Å². The summed E-state index contributed by atoms with van der Waals surface area (Å²) in [5.41, 5.74) is 0. The van der Waals surface area contributed by atoms with Gasteiger partial charge in [0.15, 0.2) is 0 Å². The topological polar surface area (TPSA) is 157 Å². The lowest BCUT2D eigenvalue weighted by Crippen LogP contribution is -2.58. The molecule has 1 aliphatic heterocycles. The molecule has 0 fully saturated rings. The Morgan fingerprint density at radius 3 is 2.58 bits per heavy atom. The summed E-state index contributed by atoms with van der Waals surface area (Å²) >= 11 is 0. The Labute approximate surface area is 226 Å². The van der Waals surface area contributed by atoms with Crippen LogP contribution >= 0.6 is 0 Å². The first-order valence-corrected chi connectivity index (χ1v) is 13.6. The maximum Gasteiger partial charge on any atom is 0.245 e. The third kappa shape index (κ3) is 14.7. The molecule has 214 valence electrons. The van der Waals surface area contributed by atoms with Crippen LogP contribution in [0, 0.1) is 5.92 Å². The van der Waals surface area contributed by atoms with E-state index in [4.69, 9.17) is 0 Å². The van der Waals surface area contributed by atoms with E-state index in [-0.39, 0.29) is 25.3 Å². The average Bonchev–Trinajstić information content (AvgIpc) is 2.83. The molecule has 4 amide bonds. The van der Waals surface area contributed by atoms with Crippen molar-refractivity contribution in [3.63, 3.8) is 0 Å². The van der Waals surface area contributed by atoms with Gasteiger partial charge in [0.1, 0.15) is 12.1 Å². The van der Waals surface area contributed by atoms with Gasteiger partial charge < -0.3 is 31.5 Å². The molecular formula is C28H46N4O6. The average molecular weight is 535 g/mol. The minimum absolute atomic E-state index is 0.105. The maximum absolute atomic E-state index is 12.9. The number of unbranched alkanes of at least 4 members (excludes halogenated alkanes) is 3. The van der Waals surface area contributed by atoms with Crippen LogP contribution in [0.15, 0.2) is 36.5 Å². The molecule has 6 N–H and O–H groups in total. The Hall–Kier alpha value is -2.98. The molecule has 0 aromatic rings. The van der Waals surface area contributed by atoms with E-state index in [1.165, 1.54) is 44.4 Å². The second kappa shape index (κ2) is 18.3. The minimum Gasteiger partial charge on any atom is -0.393 e. The molecule has 10 nitrogen and oxygen atoms in total. The summed E-state index contributed by atoms with van der Waals surface area (Å²) in [6.07, 6.45) is 12.9. The lowest BCUT2D eigenvalue weighted by Gasteiger charge is -2.26. The molecule has 0 radical (unpaired) electrons. The van der Waals surface area contributed by atoms with Crippen LogP contribution < -0.4 is 21.3 Å². The summed E-state index contributed by atoms with van der Waals surface area (Å²) in [5.74, 6) is -1.49. The summed E-state index contributed by atoms with van der Waals surface area (Å²) in [5, 5.41) is 30.8. The summed E-state index contributed by atoms with van der Waals surface area (Å²) < 4.78 is 0. The third-order valence-corrected chi connectivity index (χ3v) is 6.03. The smallest absolute Gasteiger partial charge is 0.245 e. The molecule has 1 rings (SSSR count). The van der Waals surface area contributed by atoms with Gasteiger partial charge in [-0.1, -0.05) is 57.4 Å². The third-order valence-electron chi connectivity index (χ3n) is 6.03. The van der Waals surface area contributed by atoms with Crippen LogP contribution in [0.1, 0.15) is 72.6 Å². The Balaban J connectivity index is 2.70. The fourth-order valence-electron chi connectivity index (χ4n) is 3.82. The fraction of sp³-hybridized carbons (Fsp3) is 0.643. The van der Waals surface area contributed by atoms with Crippen molar-refractivity contribution in [1.82, 2.24) is 21.3 Å². The molecule has 5 atom stereocenters. The molecule has 0 saturated carbocycles. The quantitative estimate of drug-likeness (QED) is 0.126. The number of amides is 4. The molecular weight excluding hydrogens is 488 g/mol. The van der Waals surface area contributed by atoms with E-state index in [0.717, 1.165) is 18.8 Å². The van der Waals surface area contributed by atoms with Gasteiger partial charge in [-0.3, -0.25) is 19.2 Å². The van der Waals surface area contributed by atoms with Crippen molar-refractivity contribution < 1.29 is 29.4 Å². The van der Waals surface area contributed by atoms with Gasteiger partial charge >= 0.3 is 0 Å². The van der Waals surface area contributed by atoms with E-state index in [1.807, 2.05) is 6.08 Å². The minimum atomic E-state index is -1.31. The maximum atomic E-state index is 12.9. The van der Waals surface area contributed by atoms with Crippen molar-refractivity contribution in [2.45, 2.75) is 103 Å². The summed E-state index contributed by atoms with van der Waals surface area (Å²) in [6.45, 7) is 7.65. The number of hydrogen-bond donors (Lipinski definition) is 6. The predicted molar refractivity (Wildman–Crippen MR) is 147 cm³/mol. The lowest BCUT2D eigenvalue weighted by molar-refractivity contribution is -0.134. The van der Waals surface area contributed by atoms with Gasteiger partial charge in [-0.2, -0.15) is 0 Å². The number of hydrogen-bond acceptors (Lipinski definition) is 6. The number of aliphatic hydroxyl groups is 2. The molecule has 0 aliphatic carbocycles. The van der Waals surface area contributed by atoms with Crippen molar-refractivity contribution in [1.29, 1.82) is 0 Å². The van der Waals surface area contributed by atoms with E-state index in [1.54, 1.807) is 19.1 Å². The lowest BCUT2D eigenvalue weighted by atomic mass is 10.0. The van der Waals surface area contributed by atoms with Gasteiger partial charge in [-0.05, 0) is 39.0 Å². The highest BCUT2D eigenvalue weighted by Crippen LogP contribution is 2.10. The fourth-order valence-corrected chi connectivity index (χ4v) is 3.82. The zero-order valence-electron chi connectivity index (χ0n) is 23.1.